The molecule has 2 aromatic heterocycles. The van der Waals surface area contributed by atoms with E-state index in [0.29, 0.717) is 11.4 Å². The minimum Gasteiger partial charge on any atom is -0.395 e. The SMILES string of the molecule is O=C(NCCO)c1cc2c([nH]c3ccccc32)c(-c2cccc(Br)c2)n1. The summed E-state index contributed by atoms with van der Waals surface area (Å²) in [5.74, 6) is -0.303. The van der Waals surface area contributed by atoms with Crippen molar-refractivity contribution in [3.63, 3.8) is 0 Å². The second-order valence-corrected chi connectivity index (χ2v) is 6.85. The van der Waals surface area contributed by atoms with Crippen LogP contribution in [0.1, 0.15) is 10.5 Å². The number of hydrogen-bond donors (Lipinski definition) is 3. The Hall–Kier alpha value is -2.70. The number of halogens is 1. The molecule has 130 valence electrons. The maximum atomic E-state index is 12.5. The zero-order chi connectivity index (χ0) is 18.1. The van der Waals surface area contributed by atoms with E-state index in [1.165, 1.54) is 0 Å². The molecule has 0 saturated carbocycles. The number of carbonyl (C=O) groups is 1. The minimum atomic E-state index is -0.303. The number of para-hydroxylation sites is 1. The number of aliphatic hydroxyl groups is 1. The second-order valence-electron chi connectivity index (χ2n) is 5.94. The first-order chi connectivity index (χ1) is 12.7. The standard InChI is InChI=1S/C20H16BrN3O2/c21-13-5-3-4-12(10-13)18-19-15(14-6-1-2-7-16(14)23-19)11-17(24-18)20(26)22-8-9-25/h1-7,10-11,23,25H,8-9H2,(H,22,26). The average Bonchev–Trinajstić information content (AvgIpc) is 3.04. The summed E-state index contributed by atoms with van der Waals surface area (Å²) in [6.45, 7) is 0.0816. The van der Waals surface area contributed by atoms with E-state index in [1.807, 2.05) is 48.5 Å². The van der Waals surface area contributed by atoms with Gasteiger partial charge in [-0.25, -0.2) is 4.98 Å². The smallest absolute Gasteiger partial charge is 0.270 e. The van der Waals surface area contributed by atoms with E-state index in [1.54, 1.807) is 6.07 Å². The van der Waals surface area contributed by atoms with Crippen LogP contribution in [-0.4, -0.2) is 34.1 Å². The Bertz CT molecular complexity index is 1120. The third kappa shape index (κ3) is 2.98. The molecule has 26 heavy (non-hydrogen) atoms. The highest BCUT2D eigenvalue weighted by atomic mass is 79.9. The summed E-state index contributed by atoms with van der Waals surface area (Å²) in [7, 11) is 0. The molecule has 1 amide bonds. The quantitative estimate of drug-likeness (QED) is 0.478. The maximum absolute atomic E-state index is 12.5. The molecule has 4 rings (SSSR count). The summed E-state index contributed by atoms with van der Waals surface area (Å²) in [5.41, 5.74) is 3.84. The monoisotopic (exact) mass is 409 g/mol. The lowest BCUT2D eigenvalue weighted by Gasteiger charge is -2.08. The molecule has 0 aliphatic heterocycles. The van der Waals surface area contributed by atoms with Crippen molar-refractivity contribution in [1.29, 1.82) is 0 Å². The van der Waals surface area contributed by atoms with Gasteiger partial charge in [0.1, 0.15) is 5.69 Å². The van der Waals surface area contributed by atoms with Gasteiger partial charge in [0, 0.05) is 32.9 Å². The van der Waals surface area contributed by atoms with Gasteiger partial charge in [-0.3, -0.25) is 4.79 Å². The molecule has 0 aliphatic carbocycles. The molecule has 0 unspecified atom stereocenters. The number of hydrogen-bond acceptors (Lipinski definition) is 3. The van der Waals surface area contributed by atoms with Crippen LogP contribution in [0.3, 0.4) is 0 Å². The molecule has 6 heteroatoms. The van der Waals surface area contributed by atoms with E-state index in [-0.39, 0.29) is 19.1 Å². The van der Waals surface area contributed by atoms with Crippen LogP contribution in [0.4, 0.5) is 0 Å². The first-order valence-corrected chi connectivity index (χ1v) is 9.03. The lowest BCUT2D eigenvalue weighted by molar-refractivity contribution is 0.0940. The van der Waals surface area contributed by atoms with Crippen LogP contribution in [0.15, 0.2) is 59.1 Å². The number of fused-ring (bicyclic) bond motifs is 3. The van der Waals surface area contributed by atoms with Crippen molar-refractivity contribution >= 4 is 43.6 Å². The number of aromatic nitrogens is 2. The summed E-state index contributed by atoms with van der Waals surface area (Å²) >= 11 is 3.49. The van der Waals surface area contributed by atoms with Gasteiger partial charge in [0.05, 0.1) is 17.8 Å². The fourth-order valence-electron chi connectivity index (χ4n) is 3.07. The zero-order valence-corrected chi connectivity index (χ0v) is 15.4. The van der Waals surface area contributed by atoms with Crippen molar-refractivity contribution in [3.05, 3.63) is 64.8 Å². The molecule has 0 fully saturated rings. The second kappa shape index (κ2) is 6.90. The van der Waals surface area contributed by atoms with Crippen LogP contribution in [0.25, 0.3) is 33.1 Å². The average molecular weight is 410 g/mol. The molecule has 0 atom stereocenters. The van der Waals surface area contributed by atoms with Gasteiger partial charge in [-0.2, -0.15) is 0 Å². The molecule has 0 aliphatic rings. The molecule has 0 radical (unpaired) electrons. The fraction of sp³-hybridized carbons (Fsp3) is 0.100. The van der Waals surface area contributed by atoms with Crippen molar-refractivity contribution in [2.45, 2.75) is 0 Å². The largest absolute Gasteiger partial charge is 0.395 e. The Morgan fingerprint density at radius 1 is 1.12 bits per heavy atom. The molecule has 0 saturated heterocycles. The number of benzene rings is 2. The Balaban J connectivity index is 2.00. The summed E-state index contributed by atoms with van der Waals surface area (Å²) in [5, 5.41) is 13.6. The molecule has 0 bridgehead atoms. The predicted octanol–water partition coefficient (Wildman–Crippen LogP) is 3.87. The third-order valence-corrected chi connectivity index (χ3v) is 4.72. The van der Waals surface area contributed by atoms with Crippen LogP contribution < -0.4 is 5.32 Å². The van der Waals surface area contributed by atoms with Crippen molar-refractivity contribution in [2.24, 2.45) is 0 Å². The summed E-state index contributed by atoms with van der Waals surface area (Å²) in [4.78, 5) is 20.5. The fourth-order valence-corrected chi connectivity index (χ4v) is 3.47. The number of aliphatic hydroxyl groups excluding tert-OH is 1. The summed E-state index contributed by atoms with van der Waals surface area (Å²) < 4.78 is 0.941. The van der Waals surface area contributed by atoms with Gasteiger partial charge in [-0.15, -0.1) is 0 Å². The van der Waals surface area contributed by atoms with E-state index in [9.17, 15) is 4.79 Å². The number of aromatic amines is 1. The lowest BCUT2D eigenvalue weighted by Crippen LogP contribution is -2.27. The van der Waals surface area contributed by atoms with Crippen molar-refractivity contribution in [1.82, 2.24) is 15.3 Å². The predicted molar refractivity (Wildman–Crippen MR) is 106 cm³/mol. The number of carbonyl (C=O) groups excluding carboxylic acids is 1. The Labute approximate surface area is 158 Å². The zero-order valence-electron chi connectivity index (χ0n) is 13.8. The number of pyridine rings is 1. The maximum Gasteiger partial charge on any atom is 0.270 e. The van der Waals surface area contributed by atoms with Crippen LogP contribution in [-0.2, 0) is 0 Å². The van der Waals surface area contributed by atoms with Crippen molar-refractivity contribution in [2.75, 3.05) is 13.2 Å². The van der Waals surface area contributed by atoms with Crippen molar-refractivity contribution < 1.29 is 9.90 Å². The van der Waals surface area contributed by atoms with Gasteiger partial charge in [-0.05, 0) is 24.3 Å². The van der Waals surface area contributed by atoms with Crippen molar-refractivity contribution in [3.8, 4) is 11.3 Å². The number of amides is 1. The Kier molecular flexibility index (Phi) is 4.44. The normalized spacial score (nSPS) is 11.2. The van der Waals surface area contributed by atoms with Gasteiger partial charge in [-0.1, -0.05) is 46.3 Å². The van der Waals surface area contributed by atoms with E-state index in [4.69, 9.17) is 5.11 Å². The van der Waals surface area contributed by atoms with E-state index in [0.717, 1.165) is 31.8 Å². The molecule has 0 spiro atoms. The molecule has 2 aromatic carbocycles. The van der Waals surface area contributed by atoms with Gasteiger partial charge < -0.3 is 15.4 Å². The van der Waals surface area contributed by atoms with Gasteiger partial charge >= 0.3 is 0 Å². The molecule has 5 nitrogen and oxygen atoms in total. The highest BCUT2D eigenvalue weighted by Gasteiger charge is 2.16. The minimum absolute atomic E-state index is 0.112. The molecular formula is C20H16BrN3O2. The van der Waals surface area contributed by atoms with Gasteiger partial charge in [0.25, 0.3) is 5.91 Å². The summed E-state index contributed by atoms with van der Waals surface area (Å²) in [6.07, 6.45) is 0. The molecule has 3 N–H and O–H groups in total. The van der Waals surface area contributed by atoms with E-state index >= 15 is 0 Å². The van der Waals surface area contributed by atoms with Crippen LogP contribution in [0.5, 0.6) is 0 Å². The number of nitrogens with one attached hydrogen (secondary N) is 2. The molecular weight excluding hydrogens is 394 g/mol. The Morgan fingerprint density at radius 3 is 2.77 bits per heavy atom. The summed E-state index contributed by atoms with van der Waals surface area (Å²) in [6, 6.07) is 17.6. The van der Waals surface area contributed by atoms with Gasteiger partial charge in [0.15, 0.2) is 0 Å². The van der Waals surface area contributed by atoms with Crippen LogP contribution in [0, 0.1) is 0 Å². The topological polar surface area (TPSA) is 78.0 Å². The molecule has 4 aromatic rings. The number of nitrogens with zero attached hydrogens (tertiary/aromatic N) is 1. The van der Waals surface area contributed by atoms with Gasteiger partial charge in [0.2, 0.25) is 0 Å². The Morgan fingerprint density at radius 2 is 1.96 bits per heavy atom. The third-order valence-electron chi connectivity index (χ3n) is 4.22. The van der Waals surface area contributed by atoms with Crippen LogP contribution in [0.2, 0.25) is 0 Å². The highest BCUT2D eigenvalue weighted by Crippen LogP contribution is 2.33. The van der Waals surface area contributed by atoms with E-state index in [2.05, 4.69) is 31.2 Å². The first-order valence-electron chi connectivity index (χ1n) is 8.24. The highest BCUT2D eigenvalue weighted by molar-refractivity contribution is 9.10. The van der Waals surface area contributed by atoms with Crippen LogP contribution >= 0.6 is 15.9 Å². The van der Waals surface area contributed by atoms with E-state index < -0.39 is 0 Å². The molecule has 2 heterocycles. The first kappa shape index (κ1) is 16.8. The number of H-pyrrole nitrogens is 1. The number of rotatable bonds is 4. The lowest BCUT2D eigenvalue weighted by atomic mass is 10.1.